The zero-order valence-corrected chi connectivity index (χ0v) is 12.0. The zero-order valence-electron chi connectivity index (χ0n) is 12.0. The van der Waals surface area contributed by atoms with Gasteiger partial charge in [-0.15, -0.1) is 0 Å². The molecule has 1 heterocycles. The molecule has 2 heteroatoms. The van der Waals surface area contributed by atoms with E-state index in [2.05, 4.69) is 47.9 Å². The van der Waals surface area contributed by atoms with Gasteiger partial charge in [0.1, 0.15) is 0 Å². The number of rotatable bonds is 2. The average Bonchev–Trinajstić information content (AvgIpc) is 2.50. The largest absolute Gasteiger partial charge is 0.310 e. The molecule has 1 aliphatic heterocycles. The van der Waals surface area contributed by atoms with Crippen molar-refractivity contribution in [3.8, 4) is 0 Å². The first-order chi connectivity index (χ1) is 9.28. The first-order valence-electron chi connectivity index (χ1n) is 7.82. The molecule has 2 nitrogen and oxygen atoms in total. The van der Waals surface area contributed by atoms with Crippen molar-refractivity contribution in [3.05, 3.63) is 35.9 Å². The highest BCUT2D eigenvalue weighted by molar-refractivity contribution is 5.25. The Labute approximate surface area is 117 Å². The van der Waals surface area contributed by atoms with E-state index in [1.54, 1.807) is 0 Å². The van der Waals surface area contributed by atoms with Crippen molar-refractivity contribution in [1.82, 2.24) is 10.6 Å². The highest BCUT2D eigenvalue weighted by Crippen LogP contribution is 2.29. The van der Waals surface area contributed by atoms with Crippen LogP contribution >= 0.6 is 0 Å². The summed E-state index contributed by atoms with van der Waals surface area (Å²) >= 11 is 0. The standard InChI is InChI=1S/C17H26N2/c1-17(15-10-6-3-7-11-15)13-18-16(12-19-17)14-8-4-2-5-9-14/h3,6-7,10-11,14,16,18-19H,2,4-5,8-9,12-13H2,1H3. The molecular weight excluding hydrogens is 232 g/mol. The Morgan fingerprint density at radius 2 is 1.79 bits per heavy atom. The summed E-state index contributed by atoms with van der Waals surface area (Å²) in [6.07, 6.45) is 7.14. The maximum Gasteiger partial charge on any atom is 0.0533 e. The van der Waals surface area contributed by atoms with E-state index in [-0.39, 0.29) is 5.54 Å². The first kappa shape index (κ1) is 13.1. The van der Waals surface area contributed by atoms with Crippen molar-refractivity contribution < 1.29 is 0 Å². The molecule has 0 aromatic heterocycles. The van der Waals surface area contributed by atoms with Crippen molar-refractivity contribution in [3.63, 3.8) is 0 Å². The van der Waals surface area contributed by atoms with Gasteiger partial charge >= 0.3 is 0 Å². The van der Waals surface area contributed by atoms with Crippen molar-refractivity contribution in [2.75, 3.05) is 13.1 Å². The van der Waals surface area contributed by atoms with Crippen LogP contribution in [0, 0.1) is 5.92 Å². The molecule has 1 saturated carbocycles. The Morgan fingerprint density at radius 3 is 2.42 bits per heavy atom. The highest BCUT2D eigenvalue weighted by Gasteiger charge is 2.34. The highest BCUT2D eigenvalue weighted by atomic mass is 15.1. The third-order valence-electron chi connectivity index (χ3n) is 5.06. The minimum absolute atomic E-state index is 0.0897. The lowest BCUT2D eigenvalue weighted by molar-refractivity contribution is 0.184. The smallest absolute Gasteiger partial charge is 0.0533 e. The molecule has 3 rings (SSSR count). The maximum atomic E-state index is 3.82. The summed E-state index contributed by atoms with van der Waals surface area (Å²) in [5.41, 5.74) is 1.48. The van der Waals surface area contributed by atoms with Crippen LogP contribution in [-0.2, 0) is 5.54 Å². The van der Waals surface area contributed by atoms with E-state index >= 15 is 0 Å². The molecule has 19 heavy (non-hydrogen) atoms. The van der Waals surface area contributed by atoms with Crippen LogP contribution in [-0.4, -0.2) is 19.1 Å². The van der Waals surface area contributed by atoms with E-state index < -0.39 is 0 Å². The van der Waals surface area contributed by atoms with Gasteiger partial charge in [0.15, 0.2) is 0 Å². The van der Waals surface area contributed by atoms with Crippen LogP contribution in [0.1, 0.15) is 44.6 Å². The molecule has 2 N–H and O–H groups in total. The van der Waals surface area contributed by atoms with E-state index in [9.17, 15) is 0 Å². The molecule has 104 valence electrons. The summed E-state index contributed by atoms with van der Waals surface area (Å²) in [7, 11) is 0. The summed E-state index contributed by atoms with van der Waals surface area (Å²) < 4.78 is 0. The number of hydrogen-bond acceptors (Lipinski definition) is 2. The van der Waals surface area contributed by atoms with Gasteiger partial charge < -0.3 is 10.6 Å². The predicted octanol–water partition coefficient (Wildman–Crippen LogP) is 3.04. The fourth-order valence-electron chi connectivity index (χ4n) is 3.69. The number of nitrogens with one attached hydrogen (secondary N) is 2. The van der Waals surface area contributed by atoms with E-state index in [4.69, 9.17) is 0 Å². The molecule has 2 fully saturated rings. The fraction of sp³-hybridized carbons (Fsp3) is 0.647. The first-order valence-corrected chi connectivity index (χ1v) is 7.82. The lowest BCUT2D eigenvalue weighted by atomic mass is 9.81. The number of piperazine rings is 1. The molecule has 2 aliphatic rings. The Morgan fingerprint density at radius 1 is 1.05 bits per heavy atom. The summed E-state index contributed by atoms with van der Waals surface area (Å²) in [5.74, 6) is 0.890. The molecule has 1 aliphatic carbocycles. The quantitative estimate of drug-likeness (QED) is 0.852. The molecule has 1 aromatic rings. The second-order valence-electron chi connectivity index (χ2n) is 6.46. The summed E-state index contributed by atoms with van der Waals surface area (Å²) in [4.78, 5) is 0. The van der Waals surface area contributed by atoms with Gasteiger partial charge in [-0.25, -0.2) is 0 Å². The maximum absolute atomic E-state index is 3.82. The number of hydrogen-bond donors (Lipinski definition) is 2. The SMILES string of the molecule is CC1(c2ccccc2)CNC(C2CCCCC2)CN1. The lowest BCUT2D eigenvalue weighted by Gasteiger charge is -2.43. The normalized spacial score (nSPS) is 33.2. The Balaban J connectivity index is 1.62. The summed E-state index contributed by atoms with van der Waals surface area (Å²) in [5, 5.41) is 7.61. The van der Waals surface area contributed by atoms with Crippen LogP contribution in [0.25, 0.3) is 0 Å². The van der Waals surface area contributed by atoms with Gasteiger partial charge in [0.25, 0.3) is 0 Å². The molecule has 0 spiro atoms. The van der Waals surface area contributed by atoms with Crippen LogP contribution in [0.3, 0.4) is 0 Å². The lowest BCUT2D eigenvalue weighted by Crippen LogP contribution is -2.61. The second kappa shape index (κ2) is 5.64. The van der Waals surface area contributed by atoms with Crippen LogP contribution < -0.4 is 10.6 Å². The van der Waals surface area contributed by atoms with Crippen molar-refractivity contribution >= 4 is 0 Å². The minimum Gasteiger partial charge on any atom is -0.310 e. The van der Waals surface area contributed by atoms with Gasteiger partial charge in [0.05, 0.1) is 5.54 Å². The van der Waals surface area contributed by atoms with E-state index in [0.717, 1.165) is 19.0 Å². The zero-order chi connectivity index (χ0) is 13.1. The van der Waals surface area contributed by atoms with E-state index in [1.165, 1.54) is 37.7 Å². The van der Waals surface area contributed by atoms with Crippen LogP contribution in [0.4, 0.5) is 0 Å². The fourth-order valence-corrected chi connectivity index (χ4v) is 3.69. The molecule has 2 unspecified atom stereocenters. The van der Waals surface area contributed by atoms with E-state index in [1.807, 2.05) is 0 Å². The number of benzene rings is 1. The van der Waals surface area contributed by atoms with Gasteiger partial charge in [-0.05, 0) is 31.2 Å². The monoisotopic (exact) mass is 258 g/mol. The van der Waals surface area contributed by atoms with Gasteiger partial charge in [0, 0.05) is 19.1 Å². The topological polar surface area (TPSA) is 24.1 Å². The summed E-state index contributed by atoms with van der Waals surface area (Å²) in [6, 6.07) is 11.5. The van der Waals surface area contributed by atoms with Crippen LogP contribution in [0.15, 0.2) is 30.3 Å². The Kier molecular flexibility index (Phi) is 3.90. The third kappa shape index (κ3) is 2.85. The Hall–Kier alpha value is -0.860. The average molecular weight is 258 g/mol. The molecule has 0 amide bonds. The van der Waals surface area contributed by atoms with Crippen LogP contribution in [0.2, 0.25) is 0 Å². The molecule has 0 bridgehead atoms. The molecule has 1 saturated heterocycles. The van der Waals surface area contributed by atoms with Gasteiger partial charge in [0.2, 0.25) is 0 Å². The molecule has 1 aromatic carbocycles. The molecule has 2 atom stereocenters. The molecular formula is C17H26N2. The van der Waals surface area contributed by atoms with Crippen molar-refractivity contribution in [1.29, 1.82) is 0 Å². The van der Waals surface area contributed by atoms with Crippen molar-refractivity contribution in [2.45, 2.75) is 50.6 Å². The van der Waals surface area contributed by atoms with Crippen molar-refractivity contribution in [2.24, 2.45) is 5.92 Å². The van der Waals surface area contributed by atoms with Gasteiger partial charge in [-0.1, -0.05) is 49.6 Å². The second-order valence-corrected chi connectivity index (χ2v) is 6.46. The minimum atomic E-state index is 0.0897. The van der Waals surface area contributed by atoms with Gasteiger partial charge in [-0.2, -0.15) is 0 Å². The van der Waals surface area contributed by atoms with Gasteiger partial charge in [-0.3, -0.25) is 0 Å². The van der Waals surface area contributed by atoms with Crippen LogP contribution in [0.5, 0.6) is 0 Å². The third-order valence-corrected chi connectivity index (χ3v) is 5.06. The summed E-state index contributed by atoms with van der Waals surface area (Å²) in [6.45, 7) is 4.46. The predicted molar refractivity (Wildman–Crippen MR) is 80.2 cm³/mol. The van der Waals surface area contributed by atoms with E-state index in [0.29, 0.717) is 6.04 Å². The Bertz CT molecular complexity index is 387. The molecule has 0 radical (unpaired) electrons.